The van der Waals surface area contributed by atoms with Gasteiger partial charge in [-0.1, -0.05) is 0 Å². The van der Waals surface area contributed by atoms with E-state index in [0.717, 1.165) is 0 Å². The molecule has 2 aromatic rings. The van der Waals surface area contributed by atoms with Gasteiger partial charge in [-0.25, -0.2) is 4.39 Å². The third-order valence-corrected chi connectivity index (χ3v) is 3.94. The van der Waals surface area contributed by atoms with Crippen molar-refractivity contribution in [3.8, 4) is 0 Å². The molecule has 0 bridgehead atoms. The second kappa shape index (κ2) is 5.42. The number of carbonyl (C=O) groups excluding carboxylic acids is 1. The molecule has 1 N–H and O–H groups in total. The van der Waals surface area contributed by atoms with Crippen LogP contribution in [-0.4, -0.2) is 34.0 Å². The van der Waals surface area contributed by atoms with Gasteiger partial charge < -0.3 is 14.5 Å². The van der Waals surface area contributed by atoms with Gasteiger partial charge in [0.15, 0.2) is 4.77 Å². The number of amides is 1. The average Bonchev–Trinajstić information content (AvgIpc) is 2.65. The molecule has 0 radical (unpaired) electrons. The molecule has 19 heavy (non-hydrogen) atoms. The molecule has 0 aliphatic carbocycles. The molecule has 1 heterocycles. The van der Waals surface area contributed by atoms with Crippen LogP contribution in [0.25, 0.3) is 11.0 Å². The number of carbonyl (C=O) groups is 1. The number of rotatable bonds is 3. The van der Waals surface area contributed by atoms with Crippen LogP contribution in [0, 0.1) is 10.6 Å². The zero-order valence-electron chi connectivity index (χ0n) is 10.5. The van der Waals surface area contributed by atoms with Crippen LogP contribution in [0.2, 0.25) is 0 Å². The van der Waals surface area contributed by atoms with Crippen molar-refractivity contribution in [2.75, 3.05) is 13.6 Å². The molecule has 102 valence electrons. The number of imidazole rings is 1. The minimum Gasteiger partial charge on any atom is -0.344 e. The quantitative estimate of drug-likeness (QED) is 0.868. The molecule has 0 aliphatic heterocycles. The van der Waals surface area contributed by atoms with Gasteiger partial charge in [0.2, 0.25) is 5.91 Å². The molecule has 0 unspecified atom stereocenters. The molecule has 0 fully saturated rings. The number of halogens is 2. The van der Waals surface area contributed by atoms with E-state index in [1.165, 1.54) is 6.07 Å². The summed E-state index contributed by atoms with van der Waals surface area (Å²) in [7, 11) is 1.73. The topological polar surface area (TPSA) is 41.0 Å². The highest BCUT2D eigenvalue weighted by Crippen LogP contribution is 2.23. The first kappa shape index (κ1) is 14.2. The average molecular weight is 346 g/mol. The summed E-state index contributed by atoms with van der Waals surface area (Å²) in [6.07, 6.45) is 0. The van der Waals surface area contributed by atoms with Gasteiger partial charge in [-0.05, 0) is 41.1 Å². The van der Waals surface area contributed by atoms with Crippen molar-refractivity contribution < 1.29 is 9.18 Å². The summed E-state index contributed by atoms with van der Waals surface area (Å²) in [6.45, 7) is 2.67. The number of likely N-dealkylation sites (N-methyl/N-ethyl adjacent to an activating group) is 1. The highest BCUT2D eigenvalue weighted by molar-refractivity contribution is 9.10. The molecule has 2 rings (SSSR count). The van der Waals surface area contributed by atoms with Gasteiger partial charge in [-0.2, -0.15) is 0 Å². The highest BCUT2D eigenvalue weighted by Gasteiger charge is 2.13. The summed E-state index contributed by atoms with van der Waals surface area (Å²) in [5, 5.41) is 0. The Morgan fingerprint density at radius 1 is 1.58 bits per heavy atom. The molecule has 7 heteroatoms. The van der Waals surface area contributed by atoms with Gasteiger partial charge in [0.05, 0.1) is 15.5 Å². The van der Waals surface area contributed by atoms with E-state index in [4.69, 9.17) is 12.2 Å². The molecular formula is C12H13BrFN3OS. The second-order valence-corrected chi connectivity index (χ2v) is 5.45. The summed E-state index contributed by atoms with van der Waals surface area (Å²) >= 11 is 8.32. The van der Waals surface area contributed by atoms with Crippen LogP contribution in [0.3, 0.4) is 0 Å². The normalized spacial score (nSPS) is 10.9. The fourth-order valence-corrected chi connectivity index (χ4v) is 2.35. The first-order valence-corrected chi connectivity index (χ1v) is 6.95. The van der Waals surface area contributed by atoms with Gasteiger partial charge in [0, 0.05) is 19.7 Å². The summed E-state index contributed by atoms with van der Waals surface area (Å²) in [6, 6.07) is 2.98. The summed E-state index contributed by atoms with van der Waals surface area (Å²) < 4.78 is 15.9. The number of aromatic amines is 1. The molecule has 4 nitrogen and oxygen atoms in total. The standard InChI is InChI=1S/C12H13BrFN3OS/c1-3-16(2)11(18)6-17-10-4-7(13)8(14)5-9(10)15-12(17)19/h4-5H,3,6H2,1-2H3,(H,15,19). The molecule has 0 saturated carbocycles. The summed E-state index contributed by atoms with van der Waals surface area (Å²) in [5.74, 6) is -0.409. The Morgan fingerprint density at radius 3 is 2.89 bits per heavy atom. The zero-order chi connectivity index (χ0) is 14.2. The number of nitrogens with zero attached hydrogens (tertiary/aromatic N) is 2. The van der Waals surface area contributed by atoms with Crippen LogP contribution in [0.1, 0.15) is 6.92 Å². The van der Waals surface area contributed by atoms with Crippen molar-refractivity contribution in [1.82, 2.24) is 14.5 Å². The lowest BCUT2D eigenvalue weighted by molar-refractivity contribution is -0.130. The first-order valence-electron chi connectivity index (χ1n) is 5.75. The monoisotopic (exact) mass is 345 g/mol. The van der Waals surface area contributed by atoms with Crippen LogP contribution < -0.4 is 0 Å². The third kappa shape index (κ3) is 2.71. The summed E-state index contributed by atoms with van der Waals surface area (Å²) in [4.78, 5) is 16.5. The van der Waals surface area contributed by atoms with E-state index in [1.807, 2.05) is 6.92 Å². The molecular weight excluding hydrogens is 333 g/mol. The number of aromatic nitrogens is 2. The van der Waals surface area contributed by atoms with E-state index in [-0.39, 0.29) is 18.3 Å². The van der Waals surface area contributed by atoms with Crippen LogP contribution in [0.15, 0.2) is 16.6 Å². The Morgan fingerprint density at radius 2 is 2.26 bits per heavy atom. The van der Waals surface area contributed by atoms with Gasteiger partial charge >= 0.3 is 0 Å². The maximum Gasteiger partial charge on any atom is 0.242 e. The predicted molar refractivity (Wildman–Crippen MR) is 78.1 cm³/mol. The van der Waals surface area contributed by atoms with Crippen molar-refractivity contribution in [3.05, 3.63) is 27.2 Å². The largest absolute Gasteiger partial charge is 0.344 e. The Bertz CT molecular complexity index is 694. The number of hydrogen-bond donors (Lipinski definition) is 1. The molecule has 1 aromatic carbocycles. The van der Waals surface area contributed by atoms with E-state index in [9.17, 15) is 9.18 Å². The van der Waals surface area contributed by atoms with Gasteiger partial charge in [0.1, 0.15) is 12.4 Å². The van der Waals surface area contributed by atoms with Gasteiger partial charge in [0.25, 0.3) is 0 Å². The Balaban J connectivity index is 2.49. The Kier molecular flexibility index (Phi) is 4.05. The molecule has 0 atom stereocenters. The fraction of sp³-hybridized carbons (Fsp3) is 0.333. The lowest BCUT2D eigenvalue weighted by atomic mass is 10.3. The number of fused-ring (bicyclic) bond motifs is 1. The maximum atomic E-state index is 13.4. The van der Waals surface area contributed by atoms with Crippen molar-refractivity contribution in [2.45, 2.75) is 13.5 Å². The number of hydrogen-bond acceptors (Lipinski definition) is 2. The predicted octanol–water partition coefficient (Wildman–Crippen LogP) is 3.08. The number of H-pyrrole nitrogens is 1. The first-order chi connectivity index (χ1) is 8.93. The van der Waals surface area contributed by atoms with Crippen LogP contribution in [0.4, 0.5) is 4.39 Å². The minimum atomic E-state index is -0.368. The van der Waals surface area contributed by atoms with Gasteiger partial charge in [-0.3, -0.25) is 4.79 Å². The van der Waals surface area contributed by atoms with Crippen molar-refractivity contribution in [3.63, 3.8) is 0 Å². The van der Waals surface area contributed by atoms with E-state index < -0.39 is 0 Å². The van der Waals surface area contributed by atoms with E-state index in [0.29, 0.717) is 26.8 Å². The smallest absolute Gasteiger partial charge is 0.242 e. The van der Waals surface area contributed by atoms with Crippen molar-refractivity contribution in [2.24, 2.45) is 0 Å². The lowest BCUT2D eigenvalue weighted by Crippen LogP contribution is -2.29. The number of nitrogens with one attached hydrogen (secondary N) is 1. The Labute approximate surface area is 123 Å². The van der Waals surface area contributed by atoms with Gasteiger partial charge in [-0.15, -0.1) is 0 Å². The van der Waals surface area contributed by atoms with E-state index in [2.05, 4.69) is 20.9 Å². The van der Waals surface area contributed by atoms with Crippen LogP contribution in [-0.2, 0) is 11.3 Å². The third-order valence-electron chi connectivity index (χ3n) is 3.01. The lowest BCUT2D eigenvalue weighted by Gasteiger charge is -2.15. The maximum absolute atomic E-state index is 13.4. The van der Waals surface area contributed by atoms with Crippen LogP contribution in [0.5, 0.6) is 0 Å². The van der Waals surface area contributed by atoms with Crippen molar-refractivity contribution >= 4 is 45.1 Å². The number of benzene rings is 1. The molecule has 0 spiro atoms. The minimum absolute atomic E-state index is 0.0417. The van der Waals surface area contributed by atoms with E-state index >= 15 is 0 Å². The molecule has 1 amide bonds. The van der Waals surface area contributed by atoms with Crippen molar-refractivity contribution in [1.29, 1.82) is 0 Å². The zero-order valence-corrected chi connectivity index (χ0v) is 12.9. The molecule has 0 aliphatic rings. The molecule has 1 aromatic heterocycles. The SMILES string of the molecule is CCN(C)C(=O)Cn1c(=S)[nH]c2cc(F)c(Br)cc21. The highest BCUT2D eigenvalue weighted by atomic mass is 79.9. The fourth-order valence-electron chi connectivity index (χ4n) is 1.74. The second-order valence-electron chi connectivity index (χ2n) is 4.21. The molecule has 0 saturated heterocycles. The Hall–Kier alpha value is -1.21. The van der Waals surface area contributed by atoms with Crippen LogP contribution >= 0.6 is 28.1 Å². The van der Waals surface area contributed by atoms with E-state index in [1.54, 1.807) is 22.6 Å². The summed E-state index contributed by atoms with van der Waals surface area (Å²) in [5.41, 5.74) is 1.29.